The molecule has 0 amide bonds. The fourth-order valence-electron chi connectivity index (χ4n) is 2.82. The van der Waals surface area contributed by atoms with Crippen LogP contribution in [0.4, 0.5) is 10.1 Å². The first-order valence-corrected chi connectivity index (χ1v) is 8.58. The average molecular weight is 316 g/mol. The van der Waals surface area contributed by atoms with Crippen LogP contribution in [-0.2, 0) is 10.0 Å². The largest absolute Gasteiger partial charge is 0.399 e. The quantitative estimate of drug-likeness (QED) is 0.810. The van der Waals surface area contributed by atoms with Gasteiger partial charge in [-0.05, 0) is 31.0 Å². The minimum Gasteiger partial charge on any atom is -0.399 e. The highest BCUT2D eigenvalue weighted by Gasteiger charge is 2.33. The van der Waals surface area contributed by atoms with Crippen molar-refractivity contribution < 1.29 is 17.9 Å². The second-order valence-corrected chi connectivity index (χ2v) is 7.18. The number of sulfonamides is 1. The second kappa shape index (κ2) is 6.72. The first-order valence-electron chi connectivity index (χ1n) is 7.14. The van der Waals surface area contributed by atoms with E-state index in [0.29, 0.717) is 0 Å². The Bertz CT molecular complexity index is 586. The van der Waals surface area contributed by atoms with Gasteiger partial charge in [0.2, 0.25) is 10.0 Å². The molecule has 118 valence electrons. The summed E-state index contributed by atoms with van der Waals surface area (Å²) in [5, 5.41) is 9.17. The molecule has 0 saturated heterocycles. The Hall–Kier alpha value is -1.18. The number of hydrogen-bond acceptors (Lipinski definition) is 4. The van der Waals surface area contributed by atoms with E-state index in [1.807, 2.05) is 0 Å². The molecule has 1 fully saturated rings. The molecule has 1 aliphatic carbocycles. The number of anilines is 1. The van der Waals surface area contributed by atoms with Gasteiger partial charge in [0.05, 0.1) is 6.61 Å². The summed E-state index contributed by atoms with van der Waals surface area (Å²) in [6.45, 7) is -0.302. The molecular formula is C14H21FN2O3S. The lowest BCUT2D eigenvalue weighted by molar-refractivity contribution is 0.199. The first-order chi connectivity index (χ1) is 9.96. The summed E-state index contributed by atoms with van der Waals surface area (Å²) in [7, 11) is -3.97. The zero-order valence-corrected chi connectivity index (χ0v) is 12.7. The lowest BCUT2D eigenvalue weighted by Gasteiger charge is -2.33. The van der Waals surface area contributed by atoms with Crippen LogP contribution in [0.5, 0.6) is 0 Å². The molecule has 7 heteroatoms. The van der Waals surface area contributed by atoms with Crippen molar-refractivity contribution in [3.05, 3.63) is 24.0 Å². The van der Waals surface area contributed by atoms with E-state index in [1.165, 1.54) is 16.4 Å². The number of rotatable bonds is 5. The Morgan fingerprint density at radius 3 is 2.52 bits per heavy atom. The fourth-order valence-corrected chi connectivity index (χ4v) is 4.54. The SMILES string of the molecule is Nc1ccc(S(=O)(=O)N(CCO)C2CCCCC2)c(F)c1. The minimum atomic E-state index is -3.97. The van der Waals surface area contributed by atoms with Gasteiger partial charge in [-0.25, -0.2) is 12.8 Å². The highest BCUT2D eigenvalue weighted by Crippen LogP contribution is 2.29. The van der Waals surface area contributed by atoms with Crippen LogP contribution in [0.3, 0.4) is 0 Å². The number of nitrogen functional groups attached to an aromatic ring is 1. The molecule has 0 heterocycles. The van der Waals surface area contributed by atoms with E-state index in [2.05, 4.69) is 0 Å². The molecule has 0 unspecified atom stereocenters. The highest BCUT2D eigenvalue weighted by atomic mass is 32.2. The maximum absolute atomic E-state index is 14.0. The van der Waals surface area contributed by atoms with Gasteiger partial charge in [0.15, 0.2) is 0 Å². The zero-order chi connectivity index (χ0) is 15.5. The van der Waals surface area contributed by atoms with Crippen LogP contribution in [-0.4, -0.2) is 37.0 Å². The summed E-state index contributed by atoms with van der Waals surface area (Å²) >= 11 is 0. The summed E-state index contributed by atoms with van der Waals surface area (Å²) < 4.78 is 40.6. The van der Waals surface area contributed by atoms with Crippen molar-refractivity contribution in [3.63, 3.8) is 0 Å². The molecule has 21 heavy (non-hydrogen) atoms. The number of aliphatic hydroxyl groups excluding tert-OH is 1. The van der Waals surface area contributed by atoms with Gasteiger partial charge in [0, 0.05) is 18.3 Å². The molecule has 1 aromatic carbocycles. The van der Waals surface area contributed by atoms with Crippen LogP contribution in [0.1, 0.15) is 32.1 Å². The van der Waals surface area contributed by atoms with Crippen LogP contribution >= 0.6 is 0 Å². The van der Waals surface area contributed by atoms with Crippen molar-refractivity contribution in [2.45, 2.75) is 43.0 Å². The molecule has 2 rings (SSSR count). The van der Waals surface area contributed by atoms with Gasteiger partial charge in [-0.3, -0.25) is 0 Å². The van der Waals surface area contributed by atoms with E-state index in [0.717, 1.165) is 38.2 Å². The summed E-state index contributed by atoms with van der Waals surface area (Å²) in [5.41, 5.74) is 5.64. The lowest BCUT2D eigenvalue weighted by atomic mass is 9.95. The van der Waals surface area contributed by atoms with Gasteiger partial charge in [0.1, 0.15) is 10.7 Å². The normalized spacial score (nSPS) is 17.3. The third kappa shape index (κ3) is 3.53. The topological polar surface area (TPSA) is 83.6 Å². The molecule has 0 aromatic heterocycles. The van der Waals surface area contributed by atoms with Crippen molar-refractivity contribution in [2.24, 2.45) is 0 Å². The molecule has 5 nitrogen and oxygen atoms in total. The van der Waals surface area contributed by atoms with Crippen molar-refractivity contribution in [1.29, 1.82) is 0 Å². The Kier molecular flexibility index (Phi) is 5.18. The van der Waals surface area contributed by atoms with Crippen LogP contribution in [0.2, 0.25) is 0 Å². The van der Waals surface area contributed by atoms with Crippen LogP contribution in [0, 0.1) is 5.82 Å². The van der Waals surface area contributed by atoms with Gasteiger partial charge >= 0.3 is 0 Å². The summed E-state index contributed by atoms with van der Waals surface area (Å²) in [6.07, 6.45) is 4.48. The van der Waals surface area contributed by atoms with E-state index < -0.39 is 15.8 Å². The molecule has 0 atom stereocenters. The molecule has 1 aromatic rings. The minimum absolute atomic E-state index is 0.0170. The predicted octanol–water partition coefficient (Wildman–Crippen LogP) is 1.72. The standard InChI is InChI=1S/C14H21FN2O3S/c15-13-10-11(16)6-7-14(13)21(19,20)17(8-9-18)12-4-2-1-3-5-12/h6-7,10,12,18H,1-5,8-9,16H2. The molecule has 3 N–H and O–H groups in total. The molecule has 0 bridgehead atoms. The molecule has 0 radical (unpaired) electrons. The third-order valence-corrected chi connectivity index (χ3v) is 5.83. The van der Waals surface area contributed by atoms with E-state index in [-0.39, 0.29) is 29.8 Å². The van der Waals surface area contributed by atoms with Crippen LogP contribution < -0.4 is 5.73 Å². The summed E-state index contributed by atoms with van der Waals surface area (Å²) in [4.78, 5) is -0.379. The Labute approximate surface area is 124 Å². The van der Waals surface area contributed by atoms with Crippen LogP contribution in [0.25, 0.3) is 0 Å². The zero-order valence-electron chi connectivity index (χ0n) is 11.8. The van der Waals surface area contributed by atoms with Gasteiger partial charge in [-0.1, -0.05) is 19.3 Å². The number of nitrogens with two attached hydrogens (primary N) is 1. The highest BCUT2D eigenvalue weighted by molar-refractivity contribution is 7.89. The van der Waals surface area contributed by atoms with E-state index in [1.54, 1.807) is 0 Å². The van der Waals surface area contributed by atoms with Gasteiger partial charge in [0.25, 0.3) is 0 Å². The third-order valence-electron chi connectivity index (χ3n) is 3.84. The molecule has 1 aliphatic rings. The predicted molar refractivity (Wildman–Crippen MR) is 78.7 cm³/mol. The Morgan fingerprint density at radius 2 is 1.95 bits per heavy atom. The summed E-state index contributed by atoms with van der Waals surface area (Å²) in [6, 6.07) is 3.39. The maximum atomic E-state index is 14.0. The van der Waals surface area contributed by atoms with Crippen molar-refractivity contribution in [3.8, 4) is 0 Å². The monoisotopic (exact) mass is 316 g/mol. The first kappa shape index (κ1) is 16.2. The average Bonchev–Trinajstić information content (AvgIpc) is 2.45. The van der Waals surface area contributed by atoms with Crippen molar-refractivity contribution in [1.82, 2.24) is 4.31 Å². The molecule has 0 spiro atoms. The van der Waals surface area contributed by atoms with Crippen LogP contribution in [0.15, 0.2) is 23.1 Å². The number of aliphatic hydroxyl groups is 1. The smallest absolute Gasteiger partial charge is 0.246 e. The van der Waals surface area contributed by atoms with Crippen molar-refractivity contribution >= 4 is 15.7 Å². The van der Waals surface area contributed by atoms with Gasteiger partial charge in [-0.15, -0.1) is 0 Å². The maximum Gasteiger partial charge on any atom is 0.246 e. The second-order valence-electron chi connectivity index (χ2n) is 5.32. The summed E-state index contributed by atoms with van der Waals surface area (Å²) in [5.74, 6) is -0.853. The number of halogens is 1. The number of benzene rings is 1. The fraction of sp³-hybridized carbons (Fsp3) is 0.571. The van der Waals surface area contributed by atoms with Crippen molar-refractivity contribution in [2.75, 3.05) is 18.9 Å². The van der Waals surface area contributed by atoms with Gasteiger partial charge < -0.3 is 10.8 Å². The Balaban J connectivity index is 2.36. The van der Waals surface area contributed by atoms with E-state index in [9.17, 15) is 17.9 Å². The van der Waals surface area contributed by atoms with Gasteiger partial charge in [-0.2, -0.15) is 4.31 Å². The number of hydrogen-bond donors (Lipinski definition) is 2. The van der Waals surface area contributed by atoms with E-state index >= 15 is 0 Å². The lowest BCUT2D eigenvalue weighted by Crippen LogP contribution is -2.43. The molecule has 1 saturated carbocycles. The molecule has 0 aliphatic heterocycles. The van der Waals surface area contributed by atoms with E-state index in [4.69, 9.17) is 5.73 Å². The molecular weight excluding hydrogens is 295 g/mol. The number of nitrogens with zero attached hydrogens (tertiary/aromatic N) is 1. The Morgan fingerprint density at radius 1 is 1.29 bits per heavy atom.